The Morgan fingerprint density at radius 2 is 1.81 bits per heavy atom. The number of hydrogen-bond acceptors (Lipinski definition) is 4. The standard InChI is InChI=1S/C9H11BrN4O2/c10-6-1-7(3-13-2-6)14(4-8(11)15)5-9(12)16/h1-3H,4-5H2,(H2,11,15)(H2,12,16). The number of pyridine rings is 1. The summed E-state index contributed by atoms with van der Waals surface area (Å²) in [6, 6.07) is 1.72. The van der Waals surface area contributed by atoms with Gasteiger partial charge in [-0.3, -0.25) is 14.6 Å². The third kappa shape index (κ3) is 3.85. The molecule has 0 spiro atoms. The molecule has 0 aliphatic carbocycles. The summed E-state index contributed by atoms with van der Waals surface area (Å²) < 4.78 is 0.740. The van der Waals surface area contributed by atoms with Crippen molar-refractivity contribution in [2.45, 2.75) is 0 Å². The molecule has 0 unspecified atom stereocenters. The Kier molecular flexibility index (Phi) is 4.24. The number of nitrogens with zero attached hydrogens (tertiary/aromatic N) is 2. The van der Waals surface area contributed by atoms with Gasteiger partial charge in [-0.05, 0) is 22.0 Å². The number of amides is 2. The van der Waals surface area contributed by atoms with Gasteiger partial charge in [-0.15, -0.1) is 0 Å². The molecule has 0 fully saturated rings. The summed E-state index contributed by atoms with van der Waals surface area (Å²) in [6.45, 7) is -0.165. The average Bonchev–Trinajstić information content (AvgIpc) is 2.15. The molecule has 0 aromatic carbocycles. The summed E-state index contributed by atoms with van der Waals surface area (Å²) >= 11 is 3.24. The lowest BCUT2D eigenvalue weighted by Gasteiger charge is -2.21. The first-order valence-electron chi connectivity index (χ1n) is 4.41. The van der Waals surface area contributed by atoms with Crippen LogP contribution in [0.4, 0.5) is 5.69 Å². The molecule has 1 aromatic rings. The van der Waals surface area contributed by atoms with Gasteiger partial charge >= 0.3 is 0 Å². The van der Waals surface area contributed by atoms with E-state index < -0.39 is 11.8 Å². The number of hydrogen-bond donors (Lipinski definition) is 2. The van der Waals surface area contributed by atoms with Crippen LogP contribution in [0.2, 0.25) is 0 Å². The maximum Gasteiger partial charge on any atom is 0.236 e. The van der Waals surface area contributed by atoms with Gasteiger partial charge in [-0.1, -0.05) is 0 Å². The van der Waals surface area contributed by atoms with Crippen molar-refractivity contribution >= 4 is 33.4 Å². The Labute approximate surface area is 101 Å². The molecule has 6 nitrogen and oxygen atoms in total. The highest BCUT2D eigenvalue weighted by Crippen LogP contribution is 2.17. The van der Waals surface area contributed by atoms with Crippen LogP contribution in [0.3, 0.4) is 0 Å². The molecule has 86 valence electrons. The predicted molar refractivity (Wildman–Crippen MR) is 62.5 cm³/mol. The fourth-order valence-electron chi connectivity index (χ4n) is 1.19. The minimum absolute atomic E-state index is 0.0823. The van der Waals surface area contributed by atoms with Crippen molar-refractivity contribution in [1.29, 1.82) is 0 Å². The summed E-state index contributed by atoms with van der Waals surface area (Å²) in [4.78, 5) is 27.1. The average molecular weight is 287 g/mol. The van der Waals surface area contributed by atoms with Crippen molar-refractivity contribution in [3.8, 4) is 0 Å². The van der Waals surface area contributed by atoms with E-state index in [1.807, 2.05) is 0 Å². The van der Waals surface area contributed by atoms with Crippen LogP contribution in [0.15, 0.2) is 22.9 Å². The second-order valence-corrected chi connectivity index (χ2v) is 4.07. The minimum Gasteiger partial charge on any atom is -0.368 e. The highest BCUT2D eigenvalue weighted by atomic mass is 79.9. The quantitative estimate of drug-likeness (QED) is 0.770. The van der Waals surface area contributed by atoms with Gasteiger partial charge in [-0.25, -0.2) is 0 Å². The van der Waals surface area contributed by atoms with Crippen LogP contribution in [0.5, 0.6) is 0 Å². The van der Waals surface area contributed by atoms with E-state index in [0.717, 1.165) is 4.47 Å². The molecule has 0 radical (unpaired) electrons. The Hall–Kier alpha value is -1.63. The smallest absolute Gasteiger partial charge is 0.236 e. The molecule has 1 rings (SSSR count). The molecule has 0 saturated carbocycles. The molecule has 0 aliphatic rings. The Morgan fingerprint density at radius 1 is 1.25 bits per heavy atom. The van der Waals surface area contributed by atoms with Gasteiger partial charge in [0.15, 0.2) is 0 Å². The van der Waals surface area contributed by atoms with Crippen LogP contribution < -0.4 is 16.4 Å². The molecular weight excluding hydrogens is 276 g/mol. The summed E-state index contributed by atoms with van der Waals surface area (Å²) in [6.07, 6.45) is 3.12. The number of nitrogens with two attached hydrogens (primary N) is 2. The van der Waals surface area contributed by atoms with E-state index in [-0.39, 0.29) is 13.1 Å². The van der Waals surface area contributed by atoms with E-state index in [1.54, 1.807) is 12.3 Å². The van der Waals surface area contributed by atoms with Gasteiger partial charge in [-0.2, -0.15) is 0 Å². The van der Waals surface area contributed by atoms with Crippen LogP contribution in [0, 0.1) is 0 Å². The zero-order valence-corrected chi connectivity index (χ0v) is 9.98. The van der Waals surface area contributed by atoms with E-state index in [0.29, 0.717) is 5.69 Å². The third-order valence-electron chi connectivity index (χ3n) is 1.75. The first kappa shape index (κ1) is 12.4. The van der Waals surface area contributed by atoms with Crippen molar-refractivity contribution in [3.05, 3.63) is 22.9 Å². The number of primary amides is 2. The van der Waals surface area contributed by atoms with Crippen LogP contribution in [-0.2, 0) is 9.59 Å². The molecule has 2 amide bonds. The highest BCUT2D eigenvalue weighted by molar-refractivity contribution is 9.10. The molecule has 16 heavy (non-hydrogen) atoms. The monoisotopic (exact) mass is 286 g/mol. The maximum atomic E-state index is 10.8. The van der Waals surface area contributed by atoms with E-state index in [1.165, 1.54) is 11.1 Å². The van der Waals surface area contributed by atoms with Gasteiger partial charge in [0.25, 0.3) is 0 Å². The second-order valence-electron chi connectivity index (χ2n) is 3.15. The van der Waals surface area contributed by atoms with Gasteiger partial charge < -0.3 is 16.4 Å². The van der Waals surface area contributed by atoms with E-state index in [9.17, 15) is 9.59 Å². The first-order chi connectivity index (χ1) is 7.49. The fourth-order valence-corrected chi connectivity index (χ4v) is 1.54. The van der Waals surface area contributed by atoms with Crippen LogP contribution in [0.25, 0.3) is 0 Å². The molecular formula is C9H11BrN4O2. The lowest BCUT2D eigenvalue weighted by Crippen LogP contribution is -2.39. The number of carbonyl (C=O) groups excluding carboxylic acids is 2. The molecule has 1 aromatic heterocycles. The summed E-state index contributed by atoms with van der Waals surface area (Å²) in [5.41, 5.74) is 10.8. The number of aromatic nitrogens is 1. The number of carbonyl (C=O) groups is 2. The van der Waals surface area contributed by atoms with Crippen molar-refractivity contribution in [3.63, 3.8) is 0 Å². The summed E-state index contributed by atoms with van der Waals surface area (Å²) in [7, 11) is 0. The van der Waals surface area contributed by atoms with Crippen molar-refractivity contribution in [2.24, 2.45) is 11.5 Å². The molecule has 1 heterocycles. The maximum absolute atomic E-state index is 10.8. The first-order valence-corrected chi connectivity index (χ1v) is 5.20. The SMILES string of the molecule is NC(=O)CN(CC(N)=O)c1cncc(Br)c1. The highest BCUT2D eigenvalue weighted by Gasteiger charge is 2.12. The van der Waals surface area contributed by atoms with Gasteiger partial charge in [0.2, 0.25) is 11.8 Å². The zero-order chi connectivity index (χ0) is 12.1. The van der Waals surface area contributed by atoms with Crippen LogP contribution in [0.1, 0.15) is 0 Å². The number of rotatable bonds is 5. The lowest BCUT2D eigenvalue weighted by molar-refractivity contribution is -0.117. The zero-order valence-electron chi connectivity index (χ0n) is 8.39. The predicted octanol–water partition coefficient (Wildman–Crippen LogP) is -0.379. The fraction of sp³-hybridized carbons (Fsp3) is 0.222. The molecule has 0 bridgehead atoms. The van der Waals surface area contributed by atoms with Gasteiger partial charge in [0.05, 0.1) is 25.0 Å². The molecule has 0 aliphatic heterocycles. The Morgan fingerprint density at radius 3 is 2.25 bits per heavy atom. The minimum atomic E-state index is -0.541. The van der Waals surface area contributed by atoms with Crippen molar-refractivity contribution in [2.75, 3.05) is 18.0 Å². The summed E-state index contributed by atoms with van der Waals surface area (Å²) in [5, 5.41) is 0. The topological polar surface area (TPSA) is 102 Å². The van der Waals surface area contributed by atoms with Crippen molar-refractivity contribution < 1.29 is 9.59 Å². The normalized spacial score (nSPS) is 9.81. The third-order valence-corrected chi connectivity index (χ3v) is 2.18. The van der Waals surface area contributed by atoms with Crippen LogP contribution in [-0.4, -0.2) is 29.9 Å². The Balaban J connectivity index is 2.90. The Bertz CT molecular complexity index is 394. The van der Waals surface area contributed by atoms with E-state index >= 15 is 0 Å². The number of halogens is 1. The molecule has 0 atom stereocenters. The molecule has 0 saturated heterocycles. The lowest BCUT2D eigenvalue weighted by atomic mass is 10.3. The van der Waals surface area contributed by atoms with E-state index in [4.69, 9.17) is 11.5 Å². The van der Waals surface area contributed by atoms with Crippen molar-refractivity contribution in [1.82, 2.24) is 4.98 Å². The van der Waals surface area contributed by atoms with Gasteiger partial charge in [0.1, 0.15) is 0 Å². The van der Waals surface area contributed by atoms with Crippen LogP contribution >= 0.6 is 15.9 Å². The molecule has 7 heteroatoms. The second kappa shape index (κ2) is 5.45. The summed E-state index contributed by atoms with van der Waals surface area (Å²) in [5.74, 6) is -1.08. The molecule has 4 N–H and O–H groups in total. The van der Waals surface area contributed by atoms with E-state index in [2.05, 4.69) is 20.9 Å². The number of anilines is 1. The van der Waals surface area contributed by atoms with Gasteiger partial charge in [0, 0.05) is 10.7 Å². The largest absolute Gasteiger partial charge is 0.368 e.